The Hall–Kier alpha value is -0.430. The van der Waals surface area contributed by atoms with Crippen molar-refractivity contribution >= 4 is 45.4 Å². The molecule has 6 heteroatoms. The summed E-state index contributed by atoms with van der Waals surface area (Å²) in [6, 6.07) is 0. The van der Waals surface area contributed by atoms with Crippen molar-refractivity contribution in [3.63, 3.8) is 0 Å². The molecule has 4 nitrogen and oxygen atoms in total. The second kappa shape index (κ2) is 2.56. The van der Waals surface area contributed by atoms with Crippen LogP contribution < -0.4 is 0 Å². The van der Waals surface area contributed by atoms with E-state index in [2.05, 4.69) is 42.8 Å². The highest BCUT2D eigenvalue weighted by atomic mass is 127. The molecule has 0 fully saturated rings. The zero-order valence-electron chi connectivity index (χ0n) is 5.17. The fourth-order valence-electron chi connectivity index (χ4n) is 0.751. The van der Waals surface area contributed by atoms with Gasteiger partial charge >= 0.3 is 0 Å². The van der Waals surface area contributed by atoms with Crippen molar-refractivity contribution in [3.05, 3.63) is 15.1 Å². The van der Waals surface area contributed by atoms with Gasteiger partial charge in [0.25, 0.3) is 0 Å². The monoisotopic (exact) mass is 280 g/mol. The predicted octanol–water partition coefficient (Wildman–Crippen LogP) is 1.61. The van der Waals surface area contributed by atoms with E-state index >= 15 is 0 Å². The van der Waals surface area contributed by atoms with Gasteiger partial charge in [0.05, 0.1) is 6.20 Å². The topological polar surface area (TPSA) is 54.5 Å². The van der Waals surface area contributed by atoms with Crippen LogP contribution in [0.4, 0.5) is 0 Å². The molecule has 2 heterocycles. The Bertz CT molecular complexity index is 398. The Morgan fingerprint density at radius 3 is 3.18 bits per heavy atom. The van der Waals surface area contributed by atoms with Crippen molar-refractivity contribution in [1.29, 1.82) is 0 Å². The number of aromatic amines is 1. The minimum absolute atomic E-state index is 0.373. The quantitative estimate of drug-likeness (QED) is 0.746. The molecule has 2 aromatic rings. The van der Waals surface area contributed by atoms with E-state index in [9.17, 15) is 0 Å². The van der Waals surface area contributed by atoms with Gasteiger partial charge in [-0.3, -0.25) is 5.10 Å². The summed E-state index contributed by atoms with van der Waals surface area (Å²) in [7, 11) is 0. The zero-order chi connectivity index (χ0) is 7.84. The molecule has 0 aliphatic rings. The first kappa shape index (κ1) is 7.23. The van der Waals surface area contributed by atoms with Crippen molar-refractivity contribution in [2.45, 2.75) is 0 Å². The van der Waals surface area contributed by atoms with Crippen LogP contribution >= 0.6 is 34.2 Å². The van der Waals surface area contributed by atoms with Gasteiger partial charge in [0.1, 0.15) is 10.7 Å². The van der Waals surface area contributed by atoms with E-state index in [0.717, 1.165) is 9.22 Å². The van der Waals surface area contributed by atoms with Crippen LogP contribution in [0.3, 0.4) is 0 Å². The van der Waals surface area contributed by atoms with E-state index in [1.165, 1.54) is 6.20 Å². The van der Waals surface area contributed by atoms with Crippen LogP contribution in [-0.4, -0.2) is 20.2 Å². The SMILES string of the molecule is Clc1cnc2c(I)n[nH]c2n1. The van der Waals surface area contributed by atoms with Crippen LogP contribution in [0.25, 0.3) is 11.2 Å². The standard InChI is InChI=1S/C5H2ClIN4/c6-2-1-8-3-4(7)10-11-5(3)9-2/h1H,(H,9,10,11). The molecule has 56 valence electrons. The maximum Gasteiger partial charge on any atom is 0.176 e. The Morgan fingerprint density at radius 1 is 1.55 bits per heavy atom. The number of rotatable bonds is 0. The smallest absolute Gasteiger partial charge is 0.176 e. The first-order chi connectivity index (χ1) is 5.27. The molecule has 0 atom stereocenters. The summed E-state index contributed by atoms with van der Waals surface area (Å²) >= 11 is 7.68. The number of H-pyrrole nitrogens is 1. The van der Waals surface area contributed by atoms with E-state index in [1.54, 1.807) is 0 Å². The van der Waals surface area contributed by atoms with Gasteiger partial charge in [-0.05, 0) is 22.6 Å². The molecule has 1 N–H and O–H groups in total. The molecular weight excluding hydrogens is 278 g/mol. The lowest BCUT2D eigenvalue weighted by atomic mass is 10.6. The Morgan fingerprint density at radius 2 is 2.36 bits per heavy atom. The van der Waals surface area contributed by atoms with E-state index in [-0.39, 0.29) is 0 Å². The van der Waals surface area contributed by atoms with Crippen molar-refractivity contribution < 1.29 is 0 Å². The molecule has 0 spiro atoms. The van der Waals surface area contributed by atoms with Crippen LogP contribution in [0, 0.1) is 3.70 Å². The lowest BCUT2D eigenvalue weighted by Gasteiger charge is -1.87. The molecule has 0 aliphatic carbocycles. The minimum atomic E-state index is 0.373. The lowest BCUT2D eigenvalue weighted by molar-refractivity contribution is 1.08. The minimum Gasteiger partial charge on any atom is -0.258 e. The molecule has 0 saturated heterocycles. The number of hydrogen-bond acceptors (Lipinski definition) is 3. The molecule has 0 amide bonds. The summed E-state index contributed by atoms with van der Waals surface area (Å²) in [4.78, 5) is 8.02. The van der Waals surface area contributed by atoms with E-state index < -0.39 is 0 Å². The molecule has 0 unspecified atom stereocenters. The highest BCUT2D eigenvalue weighted by Crippen LogP contribution is 2.14. The average Bonchev–Trinajstić information content (AvgIpc) is 2.32. The number of fused-ring (bicyclic) bond motifs is 1. The molecule has 2 rings (SSSR count). The number of nitrogens with zero attached hydrogens (tertiary/aromatic N) is 3. The second-order valence-electron chi connectivity index (χ2n) is 1.90. The zero-order valence-corrected chi connectivity index (χ0v) is 8.09. The van der Waals surface area contributed by atoms with Crippen LogP contribution in [-0.2, 0) is 0 Å². The largest absolute Gasteiger partial charge is 0.258 e. The fourth-order valence-corrected chi connectivity index (χ4v) is 1.40. The molecular formula is C5H2ClIN4. The number of nitrogens with one attached hydrogen (secondary N) is 1. The van der Waals surface area contributed by atoms with Gasteiger partial charge in [-0.1, -0.05) is 11.6 Å². The fraction of sp³-hybridized carbons (Fsp3) is 0. The maximum absolute atomic E-state index is 5.60. The first-order valence-electron chi connectivity index (χ1n) is 2.79. The average molecular weight is 280 g/mol. The van der Waals surface area contributed by atoms with Crippen LogP contribution in [0.1, 0.15) is 0 Å². The molecule has 0 radical (unpaired) electrons. The molecule has 11 heavy (non-hydrogen) atoms. The summed E-state index contributed by atoms with van der Waals surface area (Å²) in [5.74, 6) is 0. The summed E-state index contributed by atoms with van der Waals surface area (Å²) < 4.78 is 0.807. The molecule has 2 aromatic heterocycles. The van der Waals surface area contributed by atoms with E-state index in [1.807, 2.05) is 0 Å². The first-order valence-corrected chi connectivity index (χ1v) is 4.25. The summed E-state index contributed by atoms with van der Waals surface area (Å²) in [6.07, 6.45) is 1.50. The lowest BCUT2D eigenvalue weighted by Crippen LogP contribution is -1.81. The predicted molar refractivity (Wildman–Crippen MR) is 49.4 cm³/mol. The van der Waals surface area contributed by atoms with Gasteiger partial charge in [-0.25, -0.2) is 9.97 Å². The summed E-state index contributed by atoms with van der Waals surface area (Å²) in [5, 5.41) is 7.00. The second-order valence-corrected chi connectivity index (χ2v) is 3.31. The van der Waals surface area contributed by atoms with Crippen LogP contribution in [0.5, 0.6) is 0 Å². The summed E-state index contributed by atoms with van der Waals surface area (Å²) in [5.41, 5.74) is 1.39. The number of hydrogen-bond donors (Lipinski definition) is 1. The number of halogens is 2. The van der Waals surface area contributed by atoms with Gasteiger partial charge in [0, 0.05) is 0 Å². The van der Waals surface area contributed by atoms with E-state index in [4.69, 9.17) is 11.6 Å². The van der Waals surface area contributed by atoms with E-state index in [0.29, 0.717) is 10.8 Å². The van der Waals surface area contributed by atoms with Crippen molar-refractivity contribution in [3.8, 4) is 0 Å². The van der Waals surface area contributed by atoms with Crippen molar-refractivity contribution in [2.75, 3.05) is 0 Å². The highest BCUT2D eigenvalue weighted by molar-refractivity contribution is 14.1. The molecule has 0 aliphatic heterocycles. The van der Waals surface area contributed by atoms with Gasteiger partial charge in [0.2, 0.25) is 0 Å². The third-order valence-corrected chi connectivity index (χ3v) is 2.13. The van der Waals surface area contributed by atoms with Gasteiger partial charge in [0.15, 0.2) is 9.35 Å². The normalized spacial score (nSPS) is 10.7. The molecule has 0 aromatic carbocycles. The Kier molecular flexibility index (Phi) is 1.68. The highest BCUT2D eigenvalue weighted by Gasteiger charge is 2.04. The van der Waals surface area contributed by atoms with Crippen molar-refractivity contribution in [2.24, 2.45) is 0 Å². The number of aromatic nitrogens is 4. The van der Waals surface area contributed by atoms with Gasteiger partial charge in [-0.2, -0.15) is 5.10 Å². The third-order valence-electron chi connectivity index (χ3n) is 1.20. The van der Waals surface area contributed by atoms with Crippen LogP contribution in [0.15, 0.2) is 6.20 Å². The molecule has 0 saturated carbocycles. The summed E-state index contributed by atoms with van der Waals surface area (Å²) in [6.45, 7) is 0. The van der Waals surface area contributed by atoms with Gasteiger partial charge in [-0.15, -0.1) is 0 Å². The Labute approximate surface area is 80.5 Å². The third kappa shape index (κ3) is 1.18. The Balaban J connectivity index is 2.86. The van der Waals surface area contributed by atoms with Gasteiger partial charge < -0.3 is 0 Å². The van der Waals surface area contributed by atoms with Crippen LogP contribution in [0.2, 0.25) is 5.15 Å². The van der Waals surface area contributed by atoms with Crippen molar-refractivity contribution in [1.82, 2.24) is 20.2 Å². The molecule has 0 bridgehead atoms. The maximum atomic E-state index is 5.60.